The van der Waals surface area contributed by atoms with Gasteiger partial charge in [-0.15, -0.1) is 11.3 Å². The van der Waals surface area contributed by atoms with Crippen LogP contribution in [-0.4, -0.2) is 19.9 Å². The number of aromatic nitrogens is 1. The van der Waals surface area contributed by atoms with Gasteiger partial charge in [-0.3, -0.25) is 0 Å². The predicted octanol–water partition coefficient (Wildman–Crippen LogP) is 4.26. The zero-order valence-electron chi connectivity index (χ0n) is 15.1. The molecule has 0 aliphatic carbocycles. The molecule has 1 N–H and O–H groups in total. The Morgan fingerprint density at radius 2 is 1.69 bits per heavy atom. The highest BCUT2D eigenvalue weighted by molar-refractivity contribution is 7.89. The van der Waals surface area contributed by atoms with Crippen molar-refractivity contribution in [2.24, 2.45) is 0 Å². The number of nitrogens with zero attached hydrogens (tertiary/aromatic N) is 1. The molecule has 26 heavy (non-hydrogen) atoms. The van der Waals surface area contributed by atoms with Crippen LogP contribution in [0.4, 0.5) is 0 Å². The molecule has 0 saturated heterocycles. The molecule has 4 nitrogen and oxygen atoms in total. The lowest BCUT2D eigenvalue weighted by Gasteiger charge is -2.09. The van der Waals surface area contributed by atoms with E-state index < -0.39 is 10.0 Å². The van der Waals surface area contributed by atoms with Crippen molar-refractivity contribution in [1.29, 1.82) is 0 Å². The summed E-state index contributed by atoms with van der Waals surface area (Å²) in [5, 5.41) is 2.94. The standard InChI is InChI=1S/C20H22N2O2S2/c1-14-5-8-17(9-6-14)20-22-18(13-25-20)10-11-21-26(23,24)19-12-15(2)4-7-16(19)3/h4-9,12-13,21H,10-11H2,1-3H3. The summed E-state index contributed by atoms with van der Waals surface area (Å²) in [6, 6.07) is 13.7. The number of hydrogen-bond acceptors (Lipinski definition) is 4. The zero-order chi connectivity index (χ0) is 18.7. The van der Waals surface area contributed by atoms with E-state index in [1.165, 1.54) is 5.56 Å². The van der Waals surface area contributed by atoms with E-state index in [1.807, 2.05) is 31.4 Å². The molecule has 0 radical (unpaired) electrons. The lowest BCUT2D eigenvalue weighted by Crippen LogP contribution is -2.26. The van der Waals surface area contributed by atoms with Crippen LogP contribution in [0.5, 0.6) is 0 Å². The van der Waals surface area contributed by atoms with Crippen LogP contribution in [0, 0.1) is 20.8 Å². The molecule has 0 saturated carbocycles. The highest BCUT2D eigenvalue weighted by Gasteiger charge is 2.16. The number of nitrogens with one attached hydrogen (secondary N) is 1. The van der Waals surface area contributed by atoms with E-state index in [0.717, 1.165) is 27.4 Å². The molecule has 0 amide bonds. The van der Waals surface area contributed by atoms with Crippen LogP contribution in [0.2, 0.25) is 0 Å². The van der Waals surface area contributed by atoms with Gasteiger partial charge in [0.15, 0.2) is 0 Å². The number of rotatable bonds is 6. The molecule has 1 heterocycles. The minimum Gasteiger partial charge on any atom is -0.241 e. The fourth-order valence-electron chi connectivity index (χ4n) is 2.64. The first kappa shape index (κ1) is 18.8. The summed E-state index contributed by atoms with van der Waals surface area (Å²) in [4.78, 5) is 4.96. The molecule has 0 atom stereocenters. The van der Waals surface area contributed by atoms with Crippen molar-refractivity contribution in [3.63, 3.8) is 0 Å². The van der Waals surface area contributed by atoms with Crippen LogP contribution in [-0.2, 0) is 16.4 Å². The number of hydrogen-bond donors (Lipinski definition) is 1. The van der Waals surface area contributed by atoms with Crippen LogP contribution in [0.15, 0.2) is 52.7 Å². The monoisotopic (exact) mass is 386 g/mol. The van der Waals surface area contributed by atoms with Crippen molar-refractivity contribution < 1.29 is 8.42 Å². The maximum atomic E-state index is 12.5. The summed E-state index contributed by atoms with van der Waals surface area (Å²) in [6.07, 6.45) is 0.562. The van der Waals surface area contributed by atoms with Gasteiger partial charge in [0.05, 0.1) is 10.6 Å². The maximum Gasteiger partial charge on any atom is 0.240 e. The van der Waals surface area contributed by atoms with Crippen molar-refractivity contribution in [3.05, 3.63) is 70.2 Å². The van der Waals surface area contributed by atoms with Crippen LogP contribution in [0.1, 0.15) is 22.4 Å². The van der Waals surface area contributed by atoms with Crippen molar-refractivity contribution in [3.8, 4) is 10.6 Å². The second kappa shape index (κ2) is 7.70. The van der Waals surface area contributed by atoms with Crippen molar-refractivity contribution in [1.82, 2.24) is 9.71 Å². The molecule has 3 rings (SSSR count). The minimum atomic E-state index is -3.51. The average molecular weight is 387 g/mol. The van der Waals surface area contributed by atoms with Crippen LogP contribution < -0.4 is 4.72 Å². The molecule has 0 aliphatic heterocycles. The lowest BCUT2D eigenvalue weighted by atomic mass is 10.2. The molecule has 3 aromatic rings. The van der Waals surface area contributed by atoms with E-state index in [9.17, 15) is 8.42 Å². The van der Waals surface area contributed by atoms with E-state index in [4.69, 9.17) is 0 Å². The molecule has 6 heteroatoms. The van der Waals surface area contributed by atoms with E-state index in [0.29, 0.717) is 17.9 Å². The average Bonchev–Trinajstić information content (AvgIpc) is 3.06. The molecule has 0 unspecified atom stereocenters. The van der Waals surface area contributed by atoms with Gasteiger partial charge in [-0.05, 0) is 38.0 Å². The molecule has 0 spiro atoms. The summed E-state index contributed by atoms with van der Waals surface area (Å²) in [6.45, 7) is 6.08. The topological polar surface area (TPSA) is 59.1 Å². The largest absolute Gasteiger partial charge is 0.241 e. The second-order valence-electron chi connectivity index (χ2n) is 6.43. The molecule has 1 aromatic heterocycles. The third kappa shape index (κ3) is 4.38. The molecule has 0 aliphatic rings. The number of aryl methyl sites for hydroxylation is 3. The summed E-state index contributed by atoms with van der Waals surface area (Å²) in [5.41, 5.74) is 4.88. The second-order valence-corrected chi connectivity index (χ2v) is 9.02. The Hall–Kier alpha value is -2.02. The summed E-state index contributed by atoms with van der Waals surface area (Å²) in [7, 11) is -3.51. The zero-order valence-corrected chi connectivity index (χ0v) is 16.7. The molecule has 0 fully saturated rings. The summed E-state index contributed by atoms with van der Waals surface area (Å²) >= 11 is 1.58. The fourth-order valence-corrected chi connectivity index (χ4v) is 4.86. The highest BCUT2D eigenvalue weighted by atomic mass is 32.2. The van der Waals surface area contributed by atoms with Gasteiger partial charge in [0.2, 0.25) is 10.0 Å². The van der Waals surface area contributed by atoms with Gasteiger partial charge in [0, 0.05) is 23.9 Å². The predicted molar refractivity (Wildman–Crippen MR) is 107 cm³/mol. The Morgan fingerprint density at radius 3 is 2.42 bits per heavy atom. The van der Waals surface area contributed by atoms with Crippen molar-refractivity contribution >= 4 is 21.4 Å². The quantitative estimate of drug-likeness (QED) is 0.689. The third-order valence-corrected chi connectivity index (χ3v) is 6.70. The Kier molecular flexibility index (Phi) is 5.55. The summed E-state index contributed by atoms with van der Waals surface area (Å²) in [5.74, 6) is 0. The Morgan fingerprint density at radius 1 is 1.00 bits per heavy atom. The molecule has 136 valence electrons. The Balaban J connectivity index is 1.65. The van der Waals surface area contributed by atoms with E-state index in [1.54, 1.807) is 17.4 Å². The highest BCUT2D eigenvalue weighted by Crippen LogP contribution is 2.24. The van der Waals surface area contributed by atoms with Gasteiger partial charge >= 0.3 is 0 Å². The normalized spacial score (nSPS) is 11.7. The van der Waals surface area contributed by atoms with Crippen LogP contribution in [0.25, 0.3) is 10.6 Å². The van der Waals surface area contributed by atoms with Gasteiger partial charge < -0.3 is 0 Å². The first-order valence-corrected chi connectivity index (χ1v) is 10.8. The third-order valence-electron chi connectivity index (χ3n) is 4.16. The fraction of sp³-hybridized carbons (Fsp3) is 0.250. The molecular weight excluding hydrogens is 364 g/mol. The van der Waals surface area contributed by atoms with Gasteiger partial charge in [0.25, 0.3) is 0 Å². The first-order valence-electron chi connectivity index (χ1n) is 8.43. The van der Waals surface area contributed by atoms with Crippen LogP contribution in [0.3, 0.4) is 0 Å². The van der Waals surface area contributed by atoms with Gasteiger partial charge in [-0.25, -0.2) is 18.1 Å². The van der Waals surface area contributed by atoms with Crippen molar-refractivity contribution in [2.45, 2.75) is 32.1 Å². The minimum absolute atomic E-state index is 0.326. The number of benzene rings is 2. The SMILES string of the molecule is Cc1ccc(-c2nc(CCNS(=O)(=O)c3cc(C)ccc3C)cs2)cc1. The number of sulfonamides is 1. The maximum absolute atomic E-state index is 12.5. The van der Waals surface area contributed by atoms with E-state index in [2.05, 4.69) is 40.9 Å². The van der Waals surface area contributed by atoms with Gasteiger partial charge in [-0.1, -0.05) is 42.0 Å². The van der Waals surface area contributed by atoms with Crippen molar-refractivity contribution in [2.75, 3.05) is 6.54 Å². The smallest absolute Gasteiger partial charge is 0.240 e. The van der Waals surface area contributed by atoms with Gasteiger partial charge in [0.1, 0.15) is 5.01 Å². The lowest BCUT2D eigenvalue weighted by molar-refractivity contribution is 0.580. The Labute approximate surface area is 159 Å². The first-order chi connectivity index (χ1) is 12.3. The van der Waals surface area contributed by atoms with E-state index in [-0.39, 0.29) is 0 Å². The van der Waals surface area contributed by atoms with Crippen LogP contribution >= 0.6 is 11.3 Å². The summed E-state index contributed by atoms with van der Waals surface area (Å²) < 4.78 is 27.7. The van der Waals surface area contributed by atoms with Gasteiger partial charge in [-0.2, -0.15) is 0 Å². The molecular formula is C20H22N2O2S2. The Bertz CT molecular complexity index is 1010. The number of thiazole rings is 1. The van der Waals surface area contributed by atoms with E-state index >= 15 is 0 Å². The molecule has 0 bridgehead atoms. The molecule has 2 aromatic carbocycles.